The van der Waals surface area contributed by atoms with Crippen molar-refractivity contribution < 1.29 is 31.4 Å². The SMILES string of the molecule is FC(F)COCCOCCC(F)(F)F. The van der Waals surface area contributed by atoms with Crippen molar-refractivity contribution in [2.45, 2.75) is 19.0 Å². The summed E-state index contributed by atoms with van der Waals surface area (Å²) in [6, 6.07) is 0. The number of halogens is 5. The highest BCUT2D eigenvalue weighted by molar-refractivity contribution is 4.47. The fourth-order valence-corrected chi connectivity index (χ4v) is 0.580. The molecule has 0 radical (unpaired) electrons. The normalized spacial score (nSPS) is 12.4. The zero-order chi connectivity index (χ0) is 11.0. The Bertz CT molecular complexity index is 137. The van der Waals surface area contributed by atoms with Gasteiger partial charge in [0.15, 0.2) is 0 Å². The minimum Gasteiger partial charge on any atom is -0.379 e. The van der Waals surface area contributed by atoms with Gasteiger partial charge in [0, 0.05) is 0 Å². The first-order chi connectivity index (χ1) is 6.42. The van der Waals surface area contributed by atoms with E-state index in [-0.39, 0.29) is 13.2 Å². The first-order valence-corrected chi connectivity index (χ1v) is 3.92. The summed E-state index contributed by atoms with van der Waals surface area (Å²) >= 11 is 0. The topological polar surface area (TPSA) is 18.5 Å². The van der Waals surface area contributed by atoms with Crippen molar-refractivity contribution >= 4 is 0 Å². The molecular weight excluding hydrogens is 211 g/mol. The van der Waals surface area contributed by atoms with Gasteiger partial charge in [-0.2, -0.15) is 13.2 Å². The van der Waals surface area contributed by atoms with E-state index in [1.54, 1.807) is 0 Å². The summed E-state index contributed by atoms with van der Waals surface area (Å²) < 4.78 is 66.4. The van der Waals surface area contributed by atoms with Gasteiger partial charge in [-0.3, -0.25) is 0 Å². The van der Waals surface area contributed by atoms with Gasteiger partial charge >= 0.3 is 6.18 Å². The highest BCUT2D eigenvalue weighted by Crippen LogP contribution is 2.18. The van der Waals surface area contributed by atoms with E-state index in [4.69, 9.17) is 0 Å². The van der Waals surface area contributed by atoms with Crippen molar-refractivity contribution in [2.24, 2.45) is 0 Å². The van der Waals surface area contributed by atoms with Crippen LogP contribution in [0, 0.1) is 0 Å². The molecule has 0 fully saturated rings. The van der Waals surface area contributed by atoms with Gasteiger partial charge in [0.25, 0.3) is 6.43 Å². The Balaban J connectivity index is 3.07. The van der Waals surface area contributed by atoms with Gasteiger partial charge in [-0.05, 0) is 0 Å². The number of hydrogen-bond acceptors (Lipinski definition) is 2. The van der Waals surface area contributed by atoms with E-state index in [0.29, 0.717) is 0 Å². The lowest BCUT2D eigenvalue weighted by Crippen LogP contribution is -2.14. The molecule has 0 aliphatic rings. The van der Waals surface area contributed by atoms with E-state index in [2.05, 4.69) is 9.47 Å². The van der Waals surface area contributed by atoms with Crippen LogP contribution < -0.4 is 0 Å². The molecule has 0 unspecified atom stereocenters. The molecule has 0 atom stereocenters. The second-order valence-electron chi connectivity index (χ2n) is 2.44. The lowest BCUT2D eigenvalue weighted by molar-refractivity contribution is -0.146. The van der Waals surface area contributed by atoms with E-state index in [1.165, 1.54) is 0 Å². The maximum atomic E-state index is 11.5. The summed E-state index contributed by atoms with van der Waals surface area (Å²) in [7, 11) is 0. The molecule has 0 saturated carbocycles. The van der Waals surface area contributed by atoms with E-state index in [1.807, 2.05) is 0 Å². The first-order valence-electron chi connectivity index (χ1n) is 3.92. The molecule has 0 bridgehead atoms. The van der Waals surface area contributed by atoms with Gasteiger partial charge in [-0.1, -0.05) is 0 Å². The van der Waals surface area contributed by atoms with Crippen LogP contribution >= 0.6 is 0 Å². The Morgan fingerprint density at radius 2 is 1.50 bits per heavy atom. The molecule has 14 heavy (non-hydrogen) atoms. The molecule has 0 saturated heterocycles. The predicted octanol–water partition coefficient (Wildman–Crippen LogP) is 2.24. The third kappa shape index (κ3) is 11.6. The number of hydrogen-bond donors (Lipinski definition) is 0. The maximum Gasteiger partial charge on any atom is 0.391 e. The van der Waals surface area contributed by atoms with E-state index in [9.17, 15) is 22.0 Å². The van der Waals surface area contributed by atoms with Crippen molar-refractivity contribution in [3.05, 3.63) is 0 Å². The molecule has 0 rings (SSSR count). The number of ether oxygens (including phenoxy) is 2. The molecule has 2 nitrogen and oxygen atoms in total. The van der Waals surface area contributed by atoms with Gasteiger partial charge < -0.3 is 9.47 Å². The Labute approximate surface area is 78.0 Å². The quantitative estimate of drug-likeness (QED) is 0.485. The third-order valence-electron chi connectivity index (χ3n) is 1.15. The molecule has 7 heteroatoms. The molecule has 86 valence electrons. The van der Waals surface area contributed by atoms with Gasteiger partial charge in [-0.25, -0.2) is 8.78 Å². The molecule has 0 spiro atoms. The van der Waals surface area contributed by atoms with Crippen molar-refractivity contribution in [1.29, 1.82) is 0 Å². The second-order valence-corrected chi connectivity index (χ2v) is 2.44. The lowest BCUT2D eigenvalue weighted by Gasteiger charge is -2.07. The van der Waals surface area contributed by atoms with Crippen LogP contribution in [0.4, 0.5) is 22.0 Å². The van der Waals surface area contributed by atoms with Gasteiger partial charge in [0.05, 0.1) is 26.2 Å². The third-order valence-corrected chi connectivity index (χ3v) is 1.15. The Morgan fingerprint density at radius 1 is 0.929 bits per heavy atom. The molecule has 0 heterocycles. The van der Waals surface area contributed by atoms with Gasteiger partial charge in [0.1, 0.15) is 6.61 Å². The lowest BCUT2D eigenvalue weighted by atomic mass is 10.4. The number of alkyl halides is 5. The molecule has 0 aromatic heterocycles. The minimum atomic E-state index is -4.25. The van der Waals surface area contributed by atoms with Crippen molar-refractivity contribution in [1.82, 2.24) is 0 Å². The predicted molar refractivity (Wildman–Crippen MR) is 38.3 cm³/mol. The van der Waals surface area contributed by atoms with Crippen molar-refractivity contribution in [3.63, 3.8) is 0 Å². The summed E-state index contributed by atoms with van der Waals surface area (Å²) in [6.45, 7) is -1.42. The summed E-state index contributed by atoms with van der Waals surface area (Å²) in [6.07, 6.45) is -7.85. The van der Waals surface area contributed by atoms with Crippen LogP contribution in [0.3, 0.4) is 0 Å². The standard InChI is InChI=1S/C7H11F5O2/c8-6(9)5-14-4-3-13-2-1-7(10,11)12/h6H,1-5H2. The van der Waals surface area contributed by atoms with Crippen LogP contribution in [0.1, 0.15) is 6.42 Å². The van der Waals surface area contributed by atoms with Crippen LogP contribution in [0.2, 0.25) is 0 Å². The van der Waals surface area contributed by atoms with Crippen LogP contribution in [0.25, 0.3) is 0 Å². The van der Waals surface area contributed by atoms with E-state index < -0.39 is 32.2 Å². The summed E-state index contributed by atoms with van der Waals surface area (Å²) in [4.78, 5) is 0. The Hall–Kier alpha value is -0.430. The van der Waals surface area contributed by atoms with Gasteiger partial charge in [-0.15, -0.1) is 0 Å². The number of rotatable bonds is 7. The highest BCUT2D eigenvalue weighted by atomic mass is 19.4. The zero-order valence-electron chi connectivity index (χ0n) is 7.32. The fraction of sp³-hybridized carbons (Fsp3) is 1.00. The molecule has 0 aliphatic heterocycles. The minimum absolute atomic E-state index is 0.108. The average Bonchev–Trinajstić information content (AvgIpc) is 2.00. The molecule has 0 aromatic rings. The molecule has 0 aromatic carbocycles. The van der Waals surface area contributed by atoms with Crippen molar-refractivity contribution in [2.75, 3.05) is 26.4 Å². The molecule has 0 N–H and O–H groups in total. The van der Waals surface area contributed by atoms with E-state index >= 15 is 0 Å². The van der Waals surface area contributed by atoms with E-state index in [0.717, 1.165) is 0 Å². The molecule has 0 amide bonds. The first kappa shape index (κ1) is 13.6. The summed E-state index contributed by atoms with van der Waals surface area (Å²) in [5.41, 5.74) is 0. The molecule has 0 aliphatic carbocycles. The maximum absolute atomic E-state index is 11.5. The largest absolute Gasteiger partial charge is 0.391 e. The van der Waals surface area contributed by atoms with Crippen LogP contribution in [-0.4, -0.2) is 39.0 Å². The highest BCUT2D eigenvalue weighted by Gasteiger charge is 2.26. The Morgan fingerprint density at radius 3 is 2.00 bits per heavy atom. The van der Waals surface area contributed by atoms with Crippen LogP contribution in [0.15, 0.2) is 0 Å². The zero-order valence-corrected chi connectivity index (χ0v) is 7.32. The van der Waals surface area contributed by atoms with Crippen LogP contribution in [0.5, 0.6) is 0 Å². The molecular formula is C7H11F5O2. The summed E-state index contributed by atoms with van der Waals surface area (Å²) in [5.74, 6) is 0. The second kappa shape index (κ2) is 6.94. The fourth-order valence-electron chi connectivity index (χ4n) is 0.580. The smallest absolute Gasteiger partial charge is 0.379 e. The van der Waals surface area contributed by atoms with Crippen LogP contribution in [-0.2, 0) is 9.47 Å². The van der Waals surface area contributed by atoms with Gasteiger partial charge in [0.2, 0.25) is 0 Å². The Kier molecular flexibility index (Phi) is 6.73. The average molecular weight is 222 g/mol. The monoisotopic (exact) mass is 222 g/mol. The van der Waals surface area contributed by atoms with Crippen molar-refractivity contribution in [3.8, 4) is 0 Å². The summed E-state index contributed by atoms with van der Waals surface area (Å²) in [5, 5.41) is 0.